The van der Waals surface area contributed by atoms with Crippen molar-refractivity contribution in [3.05, 3.63) is 112 Å². The molecule has 0 bridgehead atoms. The first-order valence-electron chi connectivity index (χ1n) is 16.6. The van der Waals surface area contributed by atoms with E-state index in [1.54, 1.807) is 36.7 Å². The van der Waals surface area contributed by atoms with Gasteiger partial charge in [0.1, 0.15) is 22.8 Å². The van der Waals surface area contributed by atoms with Crippen molar-refractivity contribution >= 4 is 75.4 Å². The Bertz CT molecular complexity index is 2320. The summed E-state index contributed by atoms with van der Waals surface area (Å²) in [5, 5.41) is 48.5. The van der Waals surface area contributed by atoms with Crippen molar-refractivity contribution in [2.75, 3.05) is 16.8 Å². The van der Waals surface area contributed by atoms with E-state index in [4.69, 9.17) is 10.6 Å². The van der Waals surface area contributed by atoms with Gasteiger partial charge in [-0.25, -0.2) is 19.1 Å². The van der Waals surface area contributed by atoms with Crippen LogP contribution in [0.5, 0.6) is 11.5 Å². The van der Waals surface area contributed by atoms with Gasteiger partial charge in [-0.05, 0) is 43.2 Å². The summed E-state index contributed by atoms with van der Waals surface area (Å²) >= 11 is 2.27. The van der Waals surface area contributed by atoms with Crippen LogP contribution in [0, 0.1) is 0 Å². The number of anilines is 2. The molecule has 2 aromatic carbocycles. The van der Waals surface area contributed by atoms with Crippen molar-refractivity contribution in [3.8, 4) is 11.5 Å². The van der Waals surface area contributed by atoms with Gasteiger partial charge in [-0.3, -0.25) is 19.3 Å². The van der Waals surface area contributed by atoms with Crippen LogP contribution in [0.15, 0.2) is 94.9 Å². The number of phenolic OH excluding ortho intramolecular Hbond substituents is 2. The maximum atomic E-state index is 13.3. The number of nitrogen functional groups attached to an aromatic ring is 1. The highest BCUT2D eigenvalue weighted by atomic mass is 32.2. The van der Waals surface area contributed by atoms with Crippen LogP contribution < -0.4 is 20.9 Å². The standard InChI is InChI=1S/C37H33N7O10S2/c1-37(2,35(52)53)54-42-27(24-18-56-36(38)40-24)31(48)41-28-32(49)44-29(34(50)51)22(17-55-33(28)44)8-7-19-3-5-20(6-4-19)16-43-13-11-23(12-14-43)39-30(47)21-9-10-25(45)26(46)15-21/h3-15,18,28,33H,16-17H2,1-2H3,(H7,38,40,41,42,45,46,47,48,50,51,52,53)/p+1/b8-7-/t28-,33-/m1/s1. The van der Waals surface area contributed by atoms with Gasteiger partial charge in [0.2, 0.25) is 5.60 Å². The first kappa shape index (κ1) is 39.0. The Morgan fingerprint density at radius 3 is 2.39 bits per heavy atom. The van der Waals surface area contributed by atoms with Gasteiger partial charge in [-0.15, -0.1) is 23.1 Å². The monoisotopic (exact) mass is 800 g/mol. The minimum absolute atomic E-state index is 0.00399. The number of hydrogen-bond acceptors (Lipinski definition) is 13. The summed E-state index contributed by atoms with van der Waals surface area (Å²) in [6.07, 6.45) is 6.97. The number of nitrogens with two attached hydrogens (primary N) is 1. The average Bonchev–Trinajstić information content (AvgIpc) is 3.60. The molecule has 0 radical (unpaired) electrons. The molecular formula is C37H34N7O10S2+. The van der Waals surface area contributed by atoms with Gasteiger partial charge < -0.3 is 41.6 Å². The zero-order chi connectivity index (χ0) is 40.3. The molecule has 2 atom stereocenters. The van der Waals surface area contributed by atoms with E-state index in [2.05, 4.69) is 20.8 Å². The highest BCUT2D eigenvalue weighted by Crippen LogP contribution is 2.41. The topological polar surface area (TPSA) is 258 Å². The number of thiazole rings is 1. The van der Waals surface area contributed by atoms with Crippen molar-refractivity contribution in [1.29, 1.82) is 0 Å². The van der Waals surface area contributed by atoms with Gasteiger partial charge in [0.05, 0.1) is 5.69 Å². The van der Waals surface area contributed by atoms with Crippen LogP contribution in [-0.2, 0) is 30.6 Å². The fraction of sp³-hybridized carbons (Fsp3) is 0.189. The summed E-state index contributed by atoms with van der Waals surface area (Å²) in [4.78, 5) is 73.4. The van der Waals surface area contributed by atoms with E-state index < -0.39 is 58.1 Å². The number of carbonyl (C=O) groups excluding carboxylic acids is 3. The Labute approximate surface area is 326 Å². The number of amides is 3. The summed E-state index contributed by atoms with van der Waals surface area (Å²) < 4.78 is 1.91. The molecule has 6 rings (SSSR count). The molecule has 1 saturated heterocycles. The molecule has 2 aliphatic rings. The molecule has 2 aliphatic heterocycles. The largest absolute Gasteiger partial charge is 0.504 e. The predicted octanol–water partition coefficient (Wildman–Crippen LogP) is 2.76. The van der Waals surface area contributed by atoms with E-state index in [-0.39, 0.29) is 33.6 Å². The minimum Gasteiger partial charge on any atom is -0.504 e. The lowest BCUT2D eigenvalue weighted by Crippen LogP contribution is -2.71. The number of carboxylic acid groups (broad SMARTS) is 2. The second-order valence-corrected chi connectivity index (χ2v) is 14.9. The number of rotatable bonds is 13. The third-order valence-corrected chi connectivity index (χ3v) is 10.5. The van der Waals surface area contributed by atoms with Crippen LogP contribution in [0.4, 0.5) is 10.8 Å². The molecule has 4 heterocycles. The van der Waals surface area contributed by atoms with E-state index in [0.29, 0.717) is 17.8 Å². The number of hydrogen-bond donors (Lipinski definition) is 7. The Balaban J connectivity index is 1.08. The molecule has 19 heteroatoms. The number of nitrogens with one attached hydrogen (secondary N) is 2. The van der Waals surface area contributed by atoms with Crippen molar-refractivity contribution in [2.24, 2.45) is 5.16 Å². The highest BCUT2D eigenvalue weighted by Gasteiger charge is 2.54. The van der Waals surface area contributed by atoms with Crippen LogP contribution in [0.25, 0.3) is 6.08 Å². The van der Waals surface area contributed by atoms with E-state index in [9.17, 15) is 44.4 Å². The van der Waals surface area contributed by atoms with Crippen LogP contribution in [0.2, 0.25) is 0 Å². The molecule has 0 saturated carbocycles. The van der Waals surface area contributed by atoms with E-state index in [1.807, 2.05) is 28.8 Å². The number of β-lactam (4-membered cyclic amide) rings is 1. The Morgan fingerprint density at radius 2 is 1.77 bits per heavy atom. The number of nitrogens with zero attached hydrogens (tertiary/aromatic N) is 4. The number of phenols is 2. The van der Waals surface area contributed by atoms with Crippen LogP contribution in [-0.4, -0.2) is 88.5 Å². The Morgan fingerprint density at radius 1 is 1.05 bits per heavy atom. The lowest BCUT2D eigenvalue weighted by atomic mass is 10.0. The molecule has 17 nitrogen and oxygen atoms in total. The number of benzene rings is 2. The van der Waals surface area contributed by atoms with E-state index in [1.165, 1.54) is 49.2 Å². The second kappa shape index (κ2) is 15.9. The molecule has 2 aromatic heterocycles. The van der Waals surface area contributed by atoms with Crippen molar-refractivity contribution in [2.45, 2.75) is 37.4 Å². The Kier molecular flexibility index (Phi) is 11.1. The number of fused-ring (bicyclic) bond motifs is 1. The first-order chi connectivity index (χ1) is 26.6. The van der Waals surface area contributed by atoms with Gasteiger partial charge in [0, 0.05) is 34.4 Å². The lowest BCUT2D eigenvalue weighted by Gasteiger charge is -2.49. The van der Waals surface area contributed by atoms with Gasteiger partial charge in [0.25, 0.3) is 17.7 Å². The number of carbonyl (C=O) groups is 5. The first-order valence-corrected chi connectivity index (χ1v) is 18.6. The summed E-state index contributed by atoms with van der Waals surface area (Å²) in [7, 11) is 0. The number of oxime groups is 1. The summed E-state index contributed by atoms with van der Waals surface area (Å²) in [5.41, 5.74) is 6.19. The summed E-state index contributed by atoms with van der Waals surface area (Å²) in [6, 6.07) is 13.7. The Hall–Kier alpha value is -6.73. The molecule has 3 amide bonds. The zero-order valence-corrected chi connectivity index (χ0v) is 31.2. The second-order valence-electron chi connectivity index (χ2n) is 12.9. The SMILES string of the molecule is CC(C)(O/N=C(\C(=O)N[C@@H]1C(=O)N2C(C(=O)O)=C(/C=C\c3ccc(C[n+]4ccc(NC(=O)c5ccc(O)c(O)c5)cc4)cc3)CS[C@H]12)c1csc(N)n1)C(=O)O. The average molecular weight is 801 g/mol. The maximum Gasteiger partial charge on any atom is 0.352 e. The number of aliphatic carboxylic acids is 2. The van der Waals surface area contributed by atoms with Gasteiger partial charge in [-0.2, -0.15) is 0 Å². The molecule has 4 aromatic rings. The quantitative estimate of drug-likeness (QED) is 0.0338. The maximum absolute atomic E-state index is 13.3. The smallest absolute Gasteiger partial charge is 0.352 e. The highest BCUT2D eigenvalue weighted by molar-refractivity contribution is 8.00. The zero-order valence-electron chi connectivity index (χ0n) is 29.6. The van der Waals surface area contributed by atoms with Crippen LogP contribution >= 0.6 is 23.1 Å². The number of aromatic nitrogens is 2. The number of carboxylic acids is 2. The molecule has 0 unspecified atom stereocenters. The predicted molar refractivity (Wildman–Crippen MR) is 204 cm³/mol. The fourth-order valence-electron chi connectivity index (χ4n) is 5.44. The number of aromatic hydroxyl groups is 2. The van der Waals surface area contributed by atoms with Crippen molar-refractivity contribution < 1.29 is 53.8 Å². The number of thioether (sulfide) groups is 1. The number of allylic oxidation sites excluding steroid dienone is 1. The molecule has 288 valence electrons. The molecular weight excluding hydrogens is 767 g/mol. The fourth-order valence-corrected chi connectivity index (χ4v) is 7.30. The molecule has 0 aliphatic carbocycles. The van der Waals surface area contributed by atoms with Gasteiger partial charge in [-0.1, -0.05) is 41.6 Å². The third-order valence-electron chi connectivity index (χ3n) is 8.56. The van der Waals surface area contributed by atoms with Crippen LogP contribution in [0.3, 0.4) is 0 Å². The van der Waals surface area contributed by atoms with Crippen molar-refractivity contribution in [1.82, 2.24) is 15.2 Å². The lowest BCUT2D eigenvalue weighted by molar-refractivity contribution is -0.688. The molecule has 56 heavy (non-hydrogen) atoms. The van der Waals surface area contributed by atoms with Crippen molar-refractivity contribution in [3.63, 3.8) is 0 Å². The van der Waals surface area contributed by atoms with Gasteiger partial charge >= 0.3 is 11.9 Å². The van der Waals surface area contributed by atoms with E-state index >= 15 is 0 Å². The van der Waals surface area contributed by atoms with Gasteiger partial charge in [0.15, 0.2) is 41.3 Å². The minimum atomic E-state index is -1.79. The normalized spacial score (nSPS) is 16.9. The molecule has 0 spiro atoms. The van der Waals surface area contributed by atoms with Crippen LogP contribution in [0.1, 0.15) is 41.0 Å². The molecule has 1 fully saturated rings. The molecule has 8 N–H and O–H groups in total. The third kappa shape index (κ3) is 8.48. The van der Waals surface area contributed by atoms with E-state index in [0.717, 1.165) is 27.4 Å². The summed E-state index contributed by atoms with van der Waals surface area (Å²) in [6.45, 7) is 2.99. The number of pyridine rings is 1. The summed E-state index contributed by atoms with van der Waals surface area (Å²) in [5.74, 6) is -5.13.